The third-order valence-corrected chi connectivity index (χ3v) is 28.9. The van der Waals surface area contributed by atoms with E-state index in [1.165, 1.54) is 82.0 Å². The van der Waals surface area contributed by atoms with Crippen molar-refractivity contribution in [3.8, 4) is 11.3 Å². The summed E-state index contributed by atoms with van der Waals surface area (Å²) in [5.74, 6) is 0.00831. The SMILES string of the molecule is CS(=O)(=O)Cc1ccc(-c2ccc(Cl)nn2)cc1.CS(=O)(=O)Cc1ccc(B(O)O)cc1.Clc1ccc(Cl)nn1.[Pd].c1ccc(P(c2ccccc2)c2ccccc2)cc1.c1ccc(P(c2ccccc2)c2ccccc2)cc1.c1ccc(P(c2ccccc2)c2ccccc2)cc1.c1ccc(P(c2ccccc2)c2ccccc2)cc1. The van der Waals surface area contributed by atoms with Gasteiger partial charge in [-0.3, -0.25) is 0 Å². The van der Waals surface area contributed by atoms with Crippen molar-refractivity contribution in [1.82, 2.24) is 20.4 Å². The first-order valence-corrected chi connectivity index (χ1v) is 47.4. The van der Waals surface area contributed by atoms with Gasteiger partial charge in [-0.05, 0) is 136 Å². The summed E-state index contributed by atoms with van der Waals surface area (Å²) in [4.78, 5) is 0. The number of sulfone groups is 2. The van der Waals surface area contributed by atoms with Gasteiger partial charge in [-0.1, -0.05) is 447 Å². The van der Waals surface area contributed by atoms with Crippen LogP contribution in [-0.2, 0) is 51.6 Å². The van der Waals surface area contributed by atoms with Gasteiger partial charge in [-0.15, -0.1) is 20.4 Å². The zero-order valence-corrected chi connectivity index (χ0v) is 73.0. The fraction of sp³-hybridized carbons (Fsp3) is 0.0417. The van der Waals surface area contributed by atoms with Gasteiger partial charge >= 0.3 is 7.12 Å². The summed E-state index contributed by atoms with van der Waals surface area (Å²) in [6.07, 6.45) is 2.37. The van der Waals surface area contributed by atoms with Crippen molar-refractivity contribution in [1.29, 1.82) is 0 Å². The van der Waals surface area contributed by atoms with Gasteiger partial charge < -0.3 is 10.0 Å². The molecule has 117 heavy (non-hydrogen) atoms. The van der Waals surface area contributed by atoms with E-state index in [1.54, 1.807) is 48.5 Å². The molecular weight excluding hydrogens is 1720 g/mol. The summed E-state index contributed by atoms with van der Waals surface area (Å²) < 4.78 is 44.2. The number of hydrogen-bond donors (Lipinski definition) is 2. The van der Waals surface area contributed by atoms with Crippen LogP contribution in [0, 0.1) is 0 Å². The summed E-state index contributed by atoms with van der Waals surface area (Å²) >= 11 is 16.4. The number of hydrogen-bond acceptors (Lipinski definition) is 10. The molecule has 0 aliphatic rings. The van der Waals surface area contributed by atoms with Crippen LogP contribution in [0.25, 0.3) is 11.3 Å². The summed E-state index contributed by atoms with van der Waals surface area (Å²) in [7, 11) is -9.34. The van der Waals surface area contributed by atoms with E-state index in [1.807, 2.05) is 12.1 Å². The maximum absolute atomic E-state index is 11.2. The number of halogens is 3. The van der Waals surface area contributed by atoms with E-state index in [0.29, 0.717) is 32.2 Å². The fourth-order valence-electron chi connectivity index (χ4n) is 11.6. The molecule has 10 nitrogen and oxygen atoms in total. The maximum atomic E-state index is 11.2. The topological polar surface area (TPSA) is 160 Å². The van der Waals surface area contributed by atoms with Crippen molar-refractivity contribution < 1.29 is 47.3 Å². The average Bonchev–Trinajstić information content (AvgIpc) is 0.827. The molecule has 21 heteroatoms. The standard InChI is InChI=1S/4C18H15P.C12H11ClN2O2S.C8H11BO4S.C4H2Cl2N2.Pd/c4*1-4-10-16(11-5-1)19(17-12-6-2-7-13-17)18-14-8-3-9-15-18;1-18(16,17)8-9-2-4-10(5-3-9)11-6-7-12(13)15-14-11;1-14(12,13)6-7-2-4-8(5-3-7)9(10)11;5-3-1-2-4(6)8-7-3;/h4*1-15H;2-7H,8H2,1H3;2-5,10-11H,6H2,1H3;1-2H;. The van der Waals surface area contributed by atoms with E-state index in [0.717, 1.165) is 17.4 Å². The summed E-state index contributed by atoms with van der Waals surface area (Å²) in [5.41, 5.74) is 3.31. The summed E-state index contributed by atoms with van der Waals surface area (Å²) in [6, 6.07) is 149. The van der Waals surface area contributed by atoms with Gasteiger partial charge in [0.2, 0.25) is 0 Å². The van der Waals surface area contributed by atoms with Crippen LogP contribution >= 0.6 is 66.5 Å². The quantitative estimate of drug-likeness (QED) is 0.0625. The summed E-state index contributed by atoms with van der Waals surface area (Å²) in [6.45, 7) is 0. The van der Waals surface area contributed by atoms with Crippen molar-refractivity contribution in [2.75, 3.05) is 12.5 Å². The molecule has 2 heterocycles. The van der Waals surface area contributed by atoms with E-state index in [9.17, 15) is 16.8 Å². The van der Waals surface area contributed by atoms with E-state index in [4.69, 9.17) is 44.9 Å². The van der Waals surface area contributed by atoms with Crippen LogP contribution in [-0.4, -0.2) is 66.9 Å². The van der Waals surface area contributed by atoms with E-state index in [2.05, 4.69) is 384 Å². The average molecular weight is 1800 g/mol. The van der Waals surface area contributed by atoms with Gasteiger partial charge in [0.1, 0.15) is 0 Å². The van der Waals surface area contributed by atoms with E-state index >= 15 is 0 Å². The largest absolute Gasteiger partial charge is 0.488 e. The Hall–Kier alpha value is -9.62. The Morgan fingerprint density at radius 2 is 0.419 bits per heavy atom. The van der Waals surface area contributed by atoms with E-state index < -0.39 is 58.5 Å². The molecule has 16 rings (SSSR count). The van der Waals surface area contributed by atoms with Crippen LogP contribution in [0.5, 0.6) is 0 Å². The molecule has 590 valence electrons. The molecule has 0 aliphatic heterocycles. The van der Waals surface area contributed by atoms with Gasteiger partial charge in [-0.2, -0.15) is 0 Å². The third-order valence-electron chi connectivity index (χ3n) is 16.8. The maximum Gasteiger partial charge on any atom is 0.488 e. The van der Waals surface area contributed by atoms with Crippen molar-refractivity contribution >= 4 is 162 Å². The zero-order valence-electron chi connectivity index (χ0n) is 63.9. The Kier molecular flexibility index (Phi) is 38.2. The monoisotopic (exact) mass is 1800 g/mol. The molecule has 0 saturated carbocycles. The minimum Gasteiger partial charge on any atom is -0.423 e. The van der Waals surface area contributed by atoms with E-state index in [-0.39, 0.29) is 31.9 Å². The van der Waals surface area contributed by atoms with Crippen molar-refractivity contribution in [2.45, 2.75) is 11.5 Å². The van der Waals surface area contributed by atoms with Crippen LogP contribution in [0.4, 0.5) is 0 Å². The molecule has 0 amide bonds. The Labute approximate surface area is 722 Å². The predicted molar refractivity (Wildman–Crippen MR) is 498 cm³/mol. The van der Waals surface area contributed by atoms with Crippen LogP contribution in [0.15, 0.2) is 437 Å². The Morgan fingerprint density at radius 1 is 0.248 bits per heavy atom. The molecule has 0 saturated heterocycles. The Morgan fingerprint density at radius 3 is 0.573 bits per heavy atom. The number of benzene rings is 14. The van der Waals surface area contributed by atoms with Crippen LogP contribution in [0.1, 0.15) is 11.1 Å². The van der Waals surface area contributed by atoms with Crippen molar-refractivity contribution in [3.63, 3.8) is 0 Å². The molecule has 0 spiro atoms. The third kappa shape index (κ3) is 31.3. The van der Waals surface area contributed by atoms with Gasteiger partial charge in [0.25, 0.3) is 0 Å². The molecule has 2 N–H and O–H groups in total. The van der Waals surface area contributed by atoms with Crippen LogP contribution in [0.2, 0.25) is 15.5 Å². The van der Waals surface area contributed by atoms with Gasteiger partial charge in [0.05, 0.1) is 17.2 Å². The zero-order chi connectivity index (χ0) is 81.6. The molecule has 0 fully saturated rings. The molecule has 0 unspecified atom stereocenters. The second-order valence-electron chi connectivity index (χ2n) is 25.7. The first kappa shape index (κ1) is 91.3. The number of rotatable bonds is 18. The molecule has 14 aromatic carbocycles. The molecule has 0 aliphatic carbocycles. The molecular formula is C96H84BCl3N4O6P4PdS2. The minimum absolute atomic E-state index is 0. The van der Waals surface area contributed by atoms with Crippen LogP contribution < -0.4 is 69.1 Å². The molecule has 0 bridgehead atoms. The minimum atomic E-state index is -3.04. The van der Waals surface area contributed by atoms with Crippen molar-refractivity contribution in [3.05, 3.63) is 463 Å². The fourth-order valence-corrected chi connectivity index (χ4v) is 22.8. The smallest absolute Gasteiger partial charge is 0.423 e. The first-order chi connectivity index (χ1) is 56.4. The van der Waals surface area contributed by atoms with Gasteiger partial charge in [-0.25, -0.2) is 16.8 Å². The Bertz CT molecular complexity index is 4830. The number of aromatic nitrogens is 4. The van der Waals surface area contributed by atoms with Gasteiger partial charge in [0, 0.05) is 38.5 Å². The summed E-state index contributed by atoms with van der Waals surface area (Å²) in [5, 5.41) is 50.0. The second-order valence-corrected chi connectivity index (χ2v) is 40.1. The number of nitrogens with zero attached hydrogens (tertiary/aromatic N) is 4. The normalized spacial score (nSPS) is 10.6. The first-order valence-electron chi connectivity index (χ1n) is 36.8. The van der Waals surface area contributed by atoms with Crippen molar-refractivity contribution in [2.24, 2.45) is 0 Å². The van der Waals surface area contributed by atoms with Gasteiger partial charge in [0.15, 0.2) is 35.1 Å². The molecule has 0 atom stereocenters. The predicted octanol–water partition coefficient (Wildman–Crippen LogP) is 16.8. The molecule has 2 aromatic heterocycles. The van der Waals surface area contributed by atoms with Crippen LogP contribution in [0.3, 0.4) is 0 Å². The second kappa shape index (κ2) is 48.9. The molecule has 16 aromatic rings. The molecule has 0 radical (unpaired) electrons. The Balaban J connectivity index is 0.000000157.